The van der Waals surface area contributed by atoms with Crippen LogP contribution in [0.15, 0.2) is 52.7 Å². The SMILES string of the molecule is Cn1cc(CSc2nc3sc4c(c3c(=O)n2CCc2ccccc2)CCCC4)cn1. The molecular weight excluding hydrogens is 412 g/mol. The van der Waals surface area contributed by atoms with Crippen molar-refractivity contribution in [2.45, 2.75) is 49.6 Å². The van der Waals surface area contributed by atoms with Crippen LogP contribution in [0.4, 0.5) is 0 Å². The average molecular weight is 437 g/mol. The minimum absolute atomic E-state index is 0.129. The molecule has 0 saturated carbocycles. The third-order valence-electron chi connectivity index (χ3n) is 5.63. The van der Waals surface area contributed by atoms with Crippen molar-refractivity contribution in [3.63, 3.8) is 0 Å². The molecule has 154 valence electrons. The third kappa shape index (κ3) is 3.84. The van der Waals surface area contributed by atoms with Gasteiger partial charge in [-0.25, -0.2) is 4.98 Å². The molecule has 0 bridgehead atoms. The Morgan fingerprint density at radius 1 is 1.13 bits per heavy atom. The summed E-state index contributed by atoms with van der Waals surface area (Å²) < 4.78 is 3.71. The number of aromatic nitrogens is 4. The van der Waals surface area contributed by atoms with Crippen LogP contribution >= 0.6 is 23.1 Å². The van der Waals surface area contributed by atoms with Gasteiger partial charge < -0.3 is 0 Å². The van der Waals surface area contributed by atoms with Crippen LogP contribution in [-0.4, -0.2) is 19.3 Å². The number of nitrogens with zero attached hydrogens (tertiary/aromatic N) is 4. The Kier molecular flexibility index (Phi) is 5.48. The maximum absolute atomic E-state index is 13.6. The second-order valence-corrected chi connectivity index (χ2v) is 9.81. The standard InChI is InChI=1S/C23H24N4OS2/c1-26-14-17(13-24-26)15-29-23-25-21-20(18-9-5-6-10-19(18)30-21)22(28)27(23)12-11-16-7-3-2-4-8-16/h2-4,7-8,13-14H,5-6,9-12,15H2,1H3. The highest BCUT2D eigenvalue weighted by Gasteiger charge is 2.22. The van der Waals surface area contributed by atoms with Crippen LogP contribution in [0.3, 0.4) is 0 Å². The summed E-state index contributed by atoms with van der Waals surface area (Å²) >= 11 is 3.35. The fourth-order valence-electron chi connectivity index (χ4n) is 4.11. The summed E-state index contributed by atoms with van der Waals surface area (Å²) in [4.78, 5) is 20.9. The van der Waals surface area contributed by atoms with Crippen LogP contribution in [-0.2, 0) is 38.6 Å². The van der Waals surface area contributed by atoms with Gasteiger partial charge in [-0.3, -0.25) is 14.0 Å². The number of fused-ring (bicyclic) bond motifs is 3. The Balaban J connectivity index is 1.54. The number of aryl methyl sites for hydroxylation is 4. The van der Waals surface area contributed by atoms with Gasteiger partial charge in [0.2, 0.25) is 0 Å². The quantitative estimate of drug-likeness (QED) is 0.327. The van der Waals surface area contributed by atoms with Gasteiger partial charge in [0.05, 0.1) is 11.6 Å². The molecule has 0 N–H and O–H groups in total. The van der Waals surface area contributed by atoms with E-state index < -0.39 is 0 Å². The van der Waals surface area contributed by atoms with Crippen molar-refractivity contribution in [2.75, 3.05) is 0 Å². The highest BCUT2D eigenvalue weighted by Crippen LogP contribution is 2.35. The third-order valence-corrected chi connectivity index (χ3v) is 7.87. The van der Waals surface area contributed by atoms with Crippen molar-refractivity contribution >= 4 is 33.3 Å². The summed E-state index contributed by atoms with van der Waals surface area (Å²) in [7, 11) is 1.92. The van der Waals surface area contributed by atoms with E-state index in [1.807, 2.05) is 46.9 Å². The monoisotopic (exact) mass is 436 g/mol. The van der Waals surface area contributed by atoms with Gasteiger partial charge in [-0.2, -0.15) is 5.10 Å². The van der Waals surface area contributed by atoms with Crippen LogP contribution in [0.25, 0.3) is 10.2 Å². The Morgan fingerprint density at radius 3 is 2.77 bits per heavy atom. The fourth-order valence-corrected chi connectivity index (χ4v) is 6.35. The lowest BCUT2D eigenvalue weighted by atomic mass is 9.97. The van der Waals surface area contributed by atoms with Crippen LogP contribution < -0.4 is 5.56 Å². The second-order valence-electron chi connectivity index (χ2n) is 7.79. The summed E-state index contributed by atoms with van der Waals surface area (Å²) in [5, 5.41) is 5.94. The maximum Gasteiger partial charge on any atom is 0.263 e. The summed E-state index contributed by atoms with van der Waals surface area (Å²) in [6.07, 6.45) is 9.18. The van der Waals surface area contributed by atoms with Gasteiger partial charge in [-0.05, 0) is 43.2 Å². The smallest absolute Gasteiger partial charge is 0.263 e. The van der Waals surface area contributed by atoms with Crippen LogP contribution in [0.5, 0.6) is 0 Å². The second kappa shape index (κ2) is 8.40. The number of hydrogen-bond donors (Lipinski definition) is 0. The van der Waals surface area contributed by atoms with E-state index in [2.05, 4.69) is 17.2 Å². The molecule has 0 spiro atoms. The van der Waals surface area contributed by atoms with E-state index in [1.54, 1.807) is 23.1 Å². The Labute approximate surface area is 183 Å². The molecule has 0 saturated heterocycles. The molecule has 1 aliphatic rings. The molecule has 0 aliphatic heterocycles. The van der Waals surface area contributed by atoms with E-state index in [0.29, 0.717) is 6.54 Å². The average Bonchev–Trinajstić information content (AvgIpc) is 3.35. The summed E-state index contributed by atoms with van der Waals surface area (Å²) in [6.45, 7) is 0.645. The summed E-state index contributed by atoms with van der Waals surface area (Å²) in [6, 6.07) is 10.4. The minimum Gasteiger partial charge on any atom is -0.287 e. The van der Waals surface area contributed by atoms with E-state index in [1.165, 1.54) is 28.8 Å². The van der Waals surface area contributed by atoms with E-state index in [4.69, 9.17) is 4.98 Å². The van der Waals surface area contributed by atoms with Crippen molar-refractivity contribution < 1.29 is 0 Å². The molecule has 7 heteroatoms. The minimum atomic E-state index is 0.129. The molecule has 0 amide bonds. The Morgan fingerprint density at radius 2 is 1.97 bits per heavy atom. The maximum atomic E-state index is 13.6. The van der Waals surface area contributed by atoms with E-state index in [-0.39, 0.29) is 5.56 Å². The fraction of sp³-hybridized carbons (Fsp3) is 0.348. The summed E-state index contributed by atoms with van der Waals surface area (Å²) in [5.41, 5.74) is 3.76. The van der Waals surface area contributed by atoms with Gasteiger partial charge in [0.25, 0.3) is 5.56 Å². The molecule has 0 radical (unpaired) electrons. The molecular formula is C23H24N4OS2. The lowest BCUT2D eigenvalue weighted by Crippen LogP contribution is -2.24. The topological polar surface area (TPSA) is 52.7 Å². The highest BCUT2D eigenvalue weighted by molar-refractivity contribution is 7.98. The molecule has 0 fully saturated rings. The van der Waals surface area contributed by atoms with Crippen LogP contribution in [0.2, 0.25) is 0 Å². The van der Waals surface area contributed by atoms with Crippen molar-refractivity contribution in [3.05, 3.63) is 74.6 Å². The molecule has 0 unspecified atom stereocenters. The zero-order valence-electron chi connectivity index (χ0n) is 17.0. The van der Waals surface area contributed by atoms with Gasteiger partial charge in [-0.15, -0.1) is 11.3 Å². The molecule has 1 aromatic carbocycles. The normalized spacial score (nSPS) is 13.6. The number of rotatable bonds is 6. The first-order valence-electron chi connectivity index (χ1n) is 10.4. The van der Waals surface area contributed by atoms with Crippen molar-refractivity contribution in [2.24, 2.45) is 7.05 Å². The van der Waals surface area contributed by atoms with Crippen LogP contribution in [0, 0.1) is 0 Å². The first-order valence-corrected chi connectivity index (χ1v) is 12.2. The molecule has 5 nitrogen and oxygen atoms in total. The largest absolute Gasteiger partial charge is 0.287 e. The molecule has 4 aromatic rings. The van der Waals surface area contributed by atoms with Crippen molar-refractivity contribution in [1.82, 2.24) is 19.3 Å². The molecule has 3 heterocycles. The molecule has 3 aromatic heterocycles. The predicted octanol–water partition coefficient (Wildman–Crippen LogP) is 4.61. The van der Waals surface area contributed by atoms with Crippen molar-refractivity contribution in [3.8, 4) is 0 Å². The van der Waals surface area contributed by atoms with E-state index >= 15 is 0 Å². The zero-order chi connectivity index (χ0) is 20.5. The van der Waals surface area contributed by atoms with E-state index in [0.717, 1.165) is 46.0 Å². The van der Waals surface area contributed by atoms with E-state index in [9.17, 15) is 4.79 Å². The number of hydrogen-bond acceptors (Lipinski definition) is 5. The number of benzene rings is 1. The molecule has 30 heavy (non-hydrogen) atoms. The number of thiophene rings is 1. The van der Waals surface area contributed by atoms with Crippen molar-refractivity contribution in [1.29, 1.82) is 0 Å². The first kappa shape index (κ1) is 19.6. The van der Waals surface area contributed by atoms with Gasteiger partial charge in [-0.1, -0.05) is 42.1 Å². The first-order chi connectivity index (χ1) is 14.7. The molecule has 0 atom stereocenters. The summed E-state index contributed by atoms with van der Waals surface area (Å²) in [5.74, 6) is 0.752. The molecule has 5 rings (SSSR count). The highest BCUT2D eigenvalue weighted by atomic mass is 32.2. The van der Waals surface area contributed by atoms with Crippen LogP contribution in [0.1, 0.15) is 34.4 Å². The number of thioether (sulfide) groups is 1. The van der Waals surface area contributed by atoms with Gasteiger partial charge >= 0.3 is 0 Å². The van der Waals surface area contributed by atoms with Gasteiger partial charge in [0.1, 0.15) is 4.83 Å². The lowest BCUT2D eigenvalue weighted by Gasteiger charge is -2.13. The van der Waals surface area contributed by atoms with Gasteiger partial charge in [0.15, 0.2) is 5.16 Å². The Bertz CT molecular complexity index is 1240. The molecule has 1 aliphatic carbocycles. The van der Waals surface area contributed by atoms with Gasteiger partial charge in [0, 0.05) is 36.0 Å². The zero-order valence-corrected chi connectivity index (χ0v) is 18.6. The predicted molar refractivity (Wildman–Crippen MR) is 123 cm³/mol. The Hall–Kier alpha value is -2.38. The lowest BCUT2D eigenvalue weighted by molar-refractivity contribution is 0.595.